The van der Waals surface area contributed by atoms with E-state index in [2.05, 4.69) is 12.2 Å². The van der Waals surface area contributed by atoms with Crippen LogP contribution < -0.4 is 5.32 Å². The van der Waals surface area contributed by atoms with E-state index in [9.17, 15) is 9.59 Å². The summed E-state index contributed by atoms with van der Waals surface area (Å²) in [5.41, 5.74) is 1.30. The zero-order valence-electron chi connectivity index (χ0n) is 17.5. The fourth-order valence-corrected chi connectivity index (χ4v) is 4.74. The van der Waals surface area contributed by atoms with Crippen LogP contribution in [0.4, 0.5) is 0 Å². The maximum absolute atomic E-state index is 13.6. The molecule has 166 valence electrons. The molecule has 0 aliphatic heterocycles. The molecule has 1 saturated carbocycles. The van der Waals surface area contributed by atoms with Crippen LogP contribution in [0.15, 0.2) is 48.5 Å². The van der Waals surface area contributed by atoms with Crippen molar-refractivity contribution in [2.45, 2.75) is 51.2 Å². The number of alkyl halides is 1. The smallest absolute Gasteiger partial charge is 0.247 e. The van der Waals surface area contributed by atoms with E-state index in [1.807, 2.05) is 24.3 Å². The van der Waals surface area contributed by atoms with Gasteiger partial charge in [-0.15, -0.1) is 11.6 Å². The Bertz CT molecular complexity index is 921. The predicted octanol–water partition coefficient (Wildman–Crippen LogP) is 6.00. The molecule has 31 heavy (non-hydrogen) atoms. The van der Waals surface area contributed by atoms with Crippen LogP contribution in [0.25, 0.3) is 0 Å². The second-order valence-electron chi connectivity index (χ2n) is 8.05. The number of carbonyl (C=O) groups is 2. The van der Waals surface area contributed by atoms with Crippen molar-refractivity contribution >= 4 is 46.6 Å². The third kappa shape index (κ3) is 5.94. The Balaban J connectivity index is 1.99. The minimum atomic E-state index is -0.912. The number of nitrogens with one attached hydrogen (secondary N) is 1. The molecule has 7 heteroatoms. The lowest BCUT2D eigenvalue weighted by atomic mass is 9.85. The Hall–Kier alpha value is -1.75. The molecule has 0 radical (unpaired) electrons. The minimum absolute atomic E-state index is 0.0690. The zero-order valence-corrected chi connectivity index (χ0v) is 19.8. The summed E-state index contributed by atoms with van der Waals surface area (Å²) in [5, 5.41) is 4.13. The van der Waals surface area contributed by atoms with Gasteiger partial charge in [-0.05, 0) is 36.5 Å². The predicted molar refractivity (Wildman–Crippen MR) is 126 cm³/mol. The number of amides is 2. The number of rotatable bonds is 7. The average molecular weight is 482 g/mol. The van der Waals surface area contributed by atoms with E-state index in [0.29, 0.717) is 21.5 Å². The summed E-state index contributed by atoms with van der Waals surface area (Å²) in [6.45, 7) is 2.30. The average Bonchev–Trinajstić information content (AvgIpc) is 2.77. The first kappa shape index (κ1) is 23.9. The van der Waals surface area contributed by atoms with Gasteiger partial charge in [-0.2, -0.15) is 0 Å². The SMILES string of the molecule is CC1CCCCC1NC(=O)C(c1ccccc1Cl)N(Cc1ccccc1Cl)C(=O)CCl. The lowest BCUT2D eigenvalue weighted by Gasteiger charge is -2.35. The van der Waals surface area contributed by atoms with Gasteiger partial charge in [-0.25, -0.2) is 0 Å². The van der Waals surface area contributed by atoms with Gasteiger partial charge in [-0.1, -0.05) is 79.4 Å². The van der Waals surface area contributed by atoms with E-state index in [4.69, 9.17) is 34.8 Å². The molecule has 0 bridgehead atoms. The fourth-order valence-electron chi connectivity index (χ4n) is 4.15. The van der Waals surface area contributed by atoms with E-state index in [1.165, 1.54) is 11.3 Å². The second kappa shape index (κ2) is 11.2. The molecular weight excluding hydrogens is 455 g/mol. The monoisotopic (exact) mass is 480 g/mol. The molecule has 1 aliphatic carbocycles. The summed E-state index contributed by atoms with van der Waals surface area (Å²) in [4.78, 5) is 28.0. The Morgan fingerprint density at radius 2 is 1.68 bits per heavy atom. The van der Waals surface area contributed by atoms with Crippen molar-refractivity contribution in [2.75, 3.05) is 5.88 Å². The molecule has 0 saturated heterocycles. The van der Waals surface area contributed by atoms with Gasteiger partial charge in [0.05, 0.1) is 0 Å². The van der Waals surface area contributed by atoms with Crippen molar-refractivity contribution in [3.8, 4) is 0 Å². The summed E-state index contributed by atoms with van der Waals surface area (Å²) in [5.74, 6) is -0.487. The molecule has 0 spiro atoms. The van der Waals surface area contributed by atoms with Crippen LogP contribution in [0.5, 0.6) is 0 Å². The molecule has 0 aromatic heterocycles. The topological polar surface area (TPSA) is 49.4 Å². The first-order valence-electron chi connectivity index (χ1n) is 10.6. The Kier molecular flexibility index (Phi) is 8.65. The van der Waals surface area contributed by atoms with Gasteiger partial charge in [0.2, 0.25) is 11.8 Å². The van der Waals surface area contributed by atoms with Gasteiger partial charge in [0.1, 0.15) is 11.9 Å². The first-order chi connectivity index (χ1) is 14.9. The van der Waals surface area contributed by atoms with Crippen molar-refractivity contribution in [3.05, 3.63) is 69.7 Å². The number of carbonyl (C=O) groups excluding carboxylic acids is 2. The molecule has 2 aromatic carbocycles. The number of hydrogen-bond acceptors (Lipinski definition) is 2. The highest BCUT2D eigenvalue weighted by molar-refractivity contribution is 6.32. The number of halogens is 3. The summed E-state index contributed by atoms with van der Waals surface area (Å²) in [6.07, 6.45) is 4.25. The lowest BCUT2D eigenvalue weighted by molar-refractivity contribution is -0.140. The van der Waals surface area contributed by atoms with Crippen LogP contribution >= 0.6 is 34.8 Å². The Morgan fingerprint density at radius 1 is 1.03 bits per heavy atom. The van der Waals surface area contributed by atoms with Crippen LogP contribution in [0.1, 0.15) is 49.8 Å². The van der Waals surface area contributed by atoms with Gasteiger partial charge in [0.25, 0.3) is 0 Å². The van der Waals surface area contributed by atoms with Gasteiger partial charge in [-0.3, -0.25) is 9.59 Å². The highest BCUT2D eigenvalue weighted by Crippen LogP contribution is 2.32. The molecule has 2 aromatic rings. The highest BCUT2D eigenvalue weighted by Gasteiger charge is 2.35. The van der Waals surface area contributed by atoms with E-state index < -0.39 is 6.04 Å². The van der Waals surface area contributed by atoms with Crippen LogP contribution in [-0.4, -0.2) is 28.6 Å². The molecular formula is C24H27Cl3N2O2. The standard InChI is InChI=1S/C24H27Cl3N2O2/c1-16-8-2-7-13-21(16)28-24(31)23(18-10-4-6-12-20(18)27)29(22(30)14-25)15-17-9-3-5-11-19(17)26/h3-6,9-12,16,21,23H,2,7-8,13-15H2,1H3,(H,28,31). The molecule has 0 heterocycles. The van der Waals surface area contributed by atoms with Crippen molar-refractivity contribution in [1.29, 1.82) is 0 Å². The van der Waals surface area contributed by atoms with Crippen molar-refractivity contribution in [2.24, 2.45) is 5.92 Å². The molecule has 1 N–H and O–H groups in total. The second-order valence-corrected chi connectivity index (χ2v) is 9.13. The number of benzene rings is 2. The highest BCUT2D eigenvalue weighted by atomic mass is 35.5. The van der Waals surface area contributed by atoms with Gasteiger partial charge < -0.3 is 10.2 Å². The fraction of sp³-hybridized carbons (Fsp3) is 0.417. The summed E-state index contributed by atoms with van der Waals surface area (Å²) >= 11 is 18.8. The zero-order chi connectivity index (χ0) is 22.4. The largest absolute Gasteiger partial charge is 0.351 e. The van der Waals surface area contributed by atoms with Gasteiger partial charge in [0, 0.05) is 28.2 Å². The van der Waals surface area contributed by atoms with E-state index in [0.717, 1.165) is 24.8 Å². The van der Waals surface area contributed by atoms with Gasteiger partial charge in [0.15, 0.2) is 0 Å². The normalized spacial score (nSPS) is 19.5. The quantitative estimate of drug-likeness (QED) is 0.493. The van der Waals surface area contributed by atoms with Gasteiger partial charge >= 0.3 is 0 Å². The molecule has 3 atom stereocenters. The third-order valence-electron chi connectivity index (χ3n) is 5.93. The summed E-state index contributed by atoms with van der Waals surface area (Å²) in [7, 11) is 0. The summed E-state index contributed by atoms with van der Waals surface area (Å²) in [6, 6.07) is 13.5. The molecule has 3 rings (SSSR count). The van der Waals surface area contributed by atoms with Crippen LogP contribution in [-0.2, 0) is 16.1 Å². The minimum Gasteiger partial charge on any atom is -0.351 e. The third-order valence-corrected chi connectivity index (χ3v) is 6.87. The van der Waals surface area contributed by atoms with E-state index in [-0.39, 0.29) is 30.3 Å². The van der Waals surface area contributed by atoms with Crippen LogP contribution in [0, 0.1) is 5.92 Å². The molecule has 3 unspecified atom stereocenters. The molecule has 1 aliphatic rings. The maximum Gasteiger partial charge on any atom is 0.247 e. The lowest BCUT2D eigenvalue weighted by Crippen LogP contribution is -2.49. The first-order valence-corrected chi connectivity index (χ1v) is 11.8. The molecule has 2 amide bonds. The maximum atomic E-state index is 13.6. The Labute approximate surface area is 198 Å². The van der Waals surface area contributed by atoms with Crippen LogP contribution in [0.2, 0.25) is 10.0 Å². The number of hydrogen-bond donors (Lipinski definition) is 1. The van der Waals surface area contributed by atoms with Crippen molar-refractivity contribution < 1.29 is 9.59 Å². The van der Waals surface area contributed by atoms with Crippen molar-refractivity contribution in [1.82, 2.24) is 10.2 Å². The molecule has 4 nitrogen and oxygen atoms in total. The van der Waals surface area contributed by atoms with Crippen LogP contribution in [0.3, 0.4) is 0 Å². The van der Waals surface area contributed by atoms with Crippen molar-refractivity contribution in [3.63, 3.8) is 0 Å². The number of nitrogens with zero attached hydrogens (tertiary/aromatic N) is 1. The Morgan fingerprint density at radius 3 is 2.32 bits per heavy atom. The van der Waals surface area contributed by atoms with E-state index in [1.54, 1.807) is 24.3 Å². The summed E-state index contributed by atoms with van der Waals surface area (Å²) < 4.78 is 0. The van der Waals surface area contributed by atoms with E-state index >= 15 is 0 Å². The molecule has 1 fully saturated rings.